The molecular weight excluding hydrogens is 406 g/mol. The van der Waals surface area contributed by atoms with Crippen molar-refractivity contribution >= 4 is 28.9 Å². The normalized spacial score (nSPS) is 26.1. The molecule has 2 fully saturated rings. The number of imide groups is 1. The maximum Gasteiger partial charge on any atom is 0.325 e. The lowest BCUT2D eigenvalue weighted by molar-refractivity contribution is -0.137. The number of H-pyrrole nitrogens is 1. The minimum absolute atomic E-state index is 0.0527. The highest BCUT2D eigenvalue weighted by molar-refractivity contribution is 6.09. The van der Waals surface area contributed by atoms with Crippen LogP contribution in [0.4, 0.5) is 4.79 Å². The number of aromatic nitrogens is 2. The Morgan fingerprint density at radius 3 is 2.62 bits per heavy atom. The average Bonchev–Trinajstić information content (AvgIpc) is 3.19. The van der Waals surface area contributed by atoms with Gasteiger partial charge in [-0.1, -0.05) is 46.8 Å². The summed E-state index contributed by atoms with van der Waals surface area (Å²) in [6.07, 6.45) is 2.19. The summed E-state index contributed by atoms with van der Waals surface area (Å²) in [6, 6.07) is 6.83. The number of para-hydroxylation sites is 2. The first kappa shape index (κ1) is 22.3. The number of benzene rings is 1. The second-order valence-electron chi connectivity index (χ2n) is 10.7. The molecule has 4 amide bonds. The SMILES string of the molecule is CC1CC(C)(C)CC2(C1)NC(=O)N(CC(=O)N[C@H](c1nc3ccccc3[nH]1)C(C)C)C2=O. The Hall–Kier alpha value is -2.90. The first-order chi connectivity index (χ1) is 15.0. The Kier molecular flexibility index (Phi) is 5.51. The molecule has 4 rings (SSSR count). The van der Waals surface area contributed by atoms with Crippen LogP contribution in [0.1, 0.15) is 65.7 Å². The summed E-state index contributed by atoms with van der Waals surface area (Å²) in [5, 5.41) is 5.90. The standard InChI is InChI=1S/C24H33N5O3/c1-14(2)19(20-25-16-8-6-7-9-17(16)26-20)27-18(30)12-29-21(31)24(28-22(29)32)11-15(3)10-23(4,5)13-24/h6-9,14-15,19H,10-13H2,1-5H3,(H,25,26)(H,27,30)(H,28,32)/t15?,19-,24?/m0/s1. The van der Waals surface area contributed by atoms with Crippen molar-refractivity contribution in [2.24, 2.45) is 17.3 Å². The van der Waals surface area contributed by atoms with E-state index in [1.165, 1.54) is 0 Å². The lowest BCUT2D eigenvalue weighted by atomic mass is 9.64. The summed E-state index contributed by atoms with van der Waals surface area (Å²) in [6.45, 7) is 10.0. The van der Waals surface area contributed by atoms with Crippen molar-refractivity contribution in [3.05, 3.63) is 30.1 Å². The van der Waals surface area contributed by atoms with E-state index in [0.717, 1.165) is 22.4 Å². The number of urea groups is 1. The second-order valence-corrected chi connectivity index (χ2v) is 10.7. The molecule has 1 aromatic carbocycles. The monoisotopic (exact) mass is 439 g/mol. The number of hydrogen-bond donors (Lipinski definition) is 3. The van der Waals surface area contributed by atoms with Crippen LogP contribution in [0.2, 0.25) is 0 Å². The van der Waals surface area contributed by atoms with Crippen molar-refractivity contribution in [2.75, 3.05) is 6.54 Å². The third-order valence-corrected chi connectivity index (χ3v) is 6.61. The molecule has 8 heteroatoms. The van der Waals surface area contributed by atoms with Gasteiger partial charge in [0.15, 0.2) is 0 Å². The zero-order chi connectivity index (χ0) is 23.3. The number of aromatic amines is 1. The largest absolute Gasteiger partial charge is 0.344 e. The number of amides is 4. The fourth-order valence-electron chi connectivity index (χ4n) is 5.68. The lowest BCUT2D eigenvalue weighted by Gasteiger charge is -2.43. The Labute approximate surface area is 188 Å². The van der Waals surface area contributed by atoms with E-state index in [1.807, 2.05) is 38.1 Å². The third-order valence-electron chi connectivity index (χ3n) is 6.61. The molecule has 1 aliphatic carbocycles. The van der Waals surface area contributed by atoms with Gasteiger partial charge in [-0.25, -0.2) is 9.78 Å². The van der Waals surface area contributed by atoms with Gasteiger partial charge in [-0.05, 0) is 48.6 Å². The molecule has 2 aromatic rings. The average molecular weight is 440 g/mol. The van der Waals surface area contributed by atoms with Crippen LogP contribution in [0.15, 0.2) is 24.3 Å². The molecular formula is C24H33N5O3. The molecule has 3 N–H and O–H groups in total. The van der Waals surface area contributed by atoms with Gasteiger partial charge in [0.2, 0.25) is 5.91 Å². The van der Waals surface area contributed by atoms with E-state index in [9.17, 15) is 14.4 Å². The van der Waals surface area contributed by atoms with Gasteiger partial charge >= 0.3 is 6.03 Å². The number of carbonyl (C=O) groups excluding carboxylic acids is 3. The number of rotatable bonds is 5. The summed E-state index contributed by atoms with van der Waals surface area (Å²) in [5.41, 5.74) is 0.761. The predicted molar refractivity (Wildman–Crippen MR) is 122 cm³/mol. The van der Waals surface area contributed by atoms with E-state index in [2.05, 4.69) is 41.4 Å². The van der Waals surface area contributed by atoms with Crippen molar-refractivity contribution < 1.29 is 14.4 Å². The molecule has 2 aliphatic rings. The van der Waals surface area contributed by atoms with Crippen LogP contribution in [-0.4, -0.2) is 44.8 Å². The van der Waals surface area contributed by atoms with Crippen LogP contribution >= 0.6 is 0 Å². The molecule has 1 saturated carbocycles. The first-order valence-corrected chi connectivity index (χ1v) is 11.4. The first-order valence-electron chi connectivity index (χ1n) is 11.4. The molecule has 32 heavy (non-hydrogen) atoms. The van der Waals surface area contributed by atoms with Crippen molar-refractivity contribution in [3.8, 4) is 0 Å². The molecule has 1 saturated heterocycles. The summed E-state index contributed by atoms with van der Waals surface area (Å²) in [5.74, 6) is 0.366. The van der Waals surface area contributed by atoms with Gasteiger partial charge in [0, 0.05) is 0 Å². The van der Waals surface area contributed by atoms with Crippen molar-refractivity contribution in [1.82, 2.24) is 25.5 Å². The highest BCUT2D eigenvalue weighted by Gasteiger charge is 2.56. The van der Waals surface area contributed by atoms with E-state index in [0.29, 0.717) is 24.6 Å². The number of hydrogen-bond acceptors (Lipinski definition) is 4. The summed E-state index contributed by atoms with van der Waals surface area (Å²) >= 11 is 0. The van der Waals surface area contributed by atoms with Crippen LogP contribution < -0.4 is 10.6 Å². The molecule has 8 nitrogen and oxygen atoms in total. The van der Waals surface area contributed by atoms with Crippen LogP contribution in [0, 0.1) is 17.3 Å². The van der Waals surface area contributed by atoms with E-state index in [-0.39, 0.29) is 35.7 Å². The molecule has 1 spiro atoms. The van der Waals surface area contributed by atoms with E-state index in [1.54, 1.807) is 0 Å². The number of nitrogens with zero attached hydrogens (tertiary/aromatic N) is 2. The maximum atomic E-state index is 13.3. The van der Waals surface area contributed by atoms with Crippen LogP contribution in [0.5, 0.6) is 0 Å². The molecule has 1 aromatic heterocycles. The van der Waals surface area contributed by atoms with Gasteiger partial charge in [0.25, 0.3) is 5.91 Å². The highest BCUT2D eigenvalue weighted by atomic mass is 16.2. The molecule has 172 valence electrons. The Morgan fingerprint density at radius 1 is 1.25 bits per heavy atom. The molecule has 2 unspecified atom stereocenters. The molecule has 0 bridgehead atoms. The van der Waals surface area contributed by atoms with Crippen molar-refractivity contribution in [1.29, 1.82) is 0 Å². The molecule has 2 heterocycles. The summed E-state index contributed by atoms with van der Waals surface area (Å²) in [7, 11) is 0. The van der Waals surface area contributed by atoms with Crippen LogP contribution in [-0.2, 0) is 9.59 Å². The molecule has 0 radical (unpaired) electrons. The van der Waals surface area contributed by atoms with Gasteiger partial charge in [-0.15, -0.1) is 0 Å². The van der Waals surface area contributed by atoms with Gasteiger partial charge in [0.1, 0.15) is 17.9 Å². The zero-order valence-electron chi connectivity index (χ0n) is 19.5. The van der Waals surface area contributed by atoms with Gasteiger partial charge in [-0.3, -0.25) is 14.5 Å². The van der Waals surface area contributed by atoms with Crippen molar-refractivity contribution in [2.45, 2.75) is 65.5 Å². The number of fused-ring (bicyclic) bond motifs is 1. The van der Waals surface area contributed by atoms with E-state index >= 15 is 0 Å². The second kappa shape index (κ2) is 7.90. The Bertz CT molecular complexity index is 1030. The smallest absolute Gasteiger partial charge is 0.325 e. The highest BCUT2D eigenvalue weighted by Crippen LogP contribution is 2.46. The van der Waals surface area contributed by atoms with Gasteiger partial charge in [-0.2, -0.15) is 0 Å². The lowest BCUT2D eigenvalue weighted by Crippen LogP contribution is -2.54. The Balaban J connectivity index is 1.49. The minimum Gasteiger partial charge on any atom is -0.344 e. The Morgan fingerprint density at radius 2 is 1.97 bits per heavy atom. The molecule has 3 atom stereocenters. The van der Waals surface area contributed by atoms with Crippen LogP contribution in [0.25, 0.3) is 11.0 Å². The minimum atomic E-state index is -0.908. The van der Waals surface area contributed by atoms with E-state index in [4.69, 9.17) is 0 Å². The quantitative estimate of drug-likeness (QED) is 0.620. The number of nitrogens with one attached hydrogen (secondary N) is 3. The fourth-order valence-corrected chi connectivity index (χ4v) is 5.68. The molecule has 1 aliphatic heterocycles. The fraction of sp³-hybridized carbons (Fsp3) is 0.583. The number of imidazole rings is 1. The van der Waals surface area contributed by atoms with E-state index < -0.39 is 11.6 Å². The van der Waals surface area contributed by atoms with Crippen molar-refractivity contribution in [3.63, 3.8) is 0 Å². The third kappa shape index (κ3) is 4.10. The summed E-state index contributed by atoms with van der Waals surface area (Å²) < 4.78 is 0. The van der Waals surface area contributed by atoms with Gasteiger partial charge in [0.05, 0.1) is 17.1 Å². The zero-order valence-corrected chi connectivity index (χ0v) is 19.5. The predicted octanol–water partition coefficient (Wildman–Crippen LogP) is 3.51. The maximum absolute atomic E-state index is 13.3. The van der Waals surface area contributed by atoms with Crippen LogP contribution in [0.3, 0.4) is 0 Å². The number of carbonyl (C=O) groups is 3. The topological polar surface area (TPSA) is 107 Å². The summed E-state index contributed by atoms with van der Waals surface area (Å²) in [4.78, 5) is 47.9. The van der Waals surface area contributed by atoms with Gasteiger partial charge < -0.3 is 15.6 Å².